The van der Waals surface area contributed by atoms with E-state index in [2.05, 4.69) is 15.6 Å². The Hall–Kier alpha value is -2.86. The quantitative estimate of drug-likeness (QED) is 0.813. The Morgan fingerprint density at radius 3 is 2.68 bits per heavy atom. The molecule has 144 valence electrons. The van der Waals surface area contributed by atoms with Crippen molar-refractivity contribution < 1.29 is 9.59 Å². The van der Waals surface area contributed by atoms with E-state index < -0.39 is 6.17 Å². The van der Waals surface area contributed by atoms with Gasteiger partial charge in [0, 0.05) is 29.2 Å². The number of nitrogens with zero attached hydrogens (tertiary/aromatic N) is 2. The molecule has 0 aliphatic carbocycles. The minimum atomic E-state index is -1.02. The van der Waals surface area contributed by atoms with Crippen molar-refractivity contribution in [2.45, 2.75) is 25.4 Å². The summed E-state index contributed by atoms with van der Waals surface area (Å²) in [4.78, 5) is 31.8. The summed E-state index contributed by atoms with van der Waals surface area (Å²) >= 11 is 6.17. The van der Waals surface area contributed by atoms with Crippen LogP contribution in [-0.4, -0.2) is 41.8 Å². The van der Waals surface area contributed by atoms with E-state index in [1.165, 1.54) is 0 Å². The van der Waals surface area contributed by atoms with Gasteiger partial charge < -0.3 is 15.5 Å². The Morgan fingerprint density at radius 2 is 1.89 bits per heavy atom. The van der Waals surface area contributed by atoms with Crippen molar-refractivity contribution in [1.82, 2.24) is 10.2 Å². The molecule has 2 heterocycles. The fourth-order valence-electron chi connectivity index (χ4n) is 3.53. The first-order valence-corrected chi connectivity index (χ1v) is 9.79. The second-order valence-electron chi connectivity index (χ2n) is 6.92. The van der Waals surface area contributed by atoms with Crippen molar-refractivity contribution in [1.29, 1.82) is 0 Å². The Balaban J connectivity index is 1.70. The van der Waals surface area contributed by atoms with Crippen molar-refractivity contribution in [3.05, 3.63) is 64.7 Å². The maximum atomic E-state index is 12.8. The lowest BCUT2D eigenvalue weighted by molar-refractivity contribution is -0.117. The fraction of sp³-hybridized carbons (Fsp3) is 0.286. The van der Waals surface area contributed by atoms with Gasteiger partial charge in [0.2, 0.25) is 6.17 Å². The average Bonchev–Trinajstić information content (AvgIpc) is 2.85. The number of benzene rings is 2. The molecule has 6 nitrogen and oxygen atoms in total. The van der Waals surface area contributed by atoms with Crippen molar-refractivity contribution >= 4 is 34.9 Å². The molecule has 2 aromatic rings. The zero-order chi connectivity index (χ0) is 19.5. The number of amides is 3. The standard InChI is InChI=1S/C21H21ClN4O2/c22-15-8-6-7-14(13-15)18-16-9-2-3-10-17(16)23-20(27)19(24-18)25-21(28)26-11-4-1-5-12-26/h2-3,6-10,13,19H,1,4-5,11-12H2,(H,23,27)(H,25,28). The third-order valence-corrected chi connectivity index (χ3v) is 5.18. The van der Waals surface area contributed by atoms with Gasteiger partial charge in [0.05, 0.1) is 11.4 Å². The molecule has 2 N–H and O–H groups in total. The number of nitrogens with one attached hydrogen (secondary N) is 2. The number of likely N-dealkylation sites (tertiary alicyclic amines) is 1. The molecule has 1 unspecified atom stereocenters. The van der Waals surface area contributed by atoms with E-state index in [9.17, 15) is 9.59 Å². The maximum absolute atomic E-state index is 12.8. The summed E-state index contributed by atoms with van der Waals surface area (Å²) in [5, 5.41) is 6.24. The van der Waals surface area contributed by atoms with Crippen LogP contribution < -0.4 is 10.6 Å². The monoisotopic (exact) mass is 396 g/mol. The number of para-hydroxylation sites is 1. The van der Waals surface area contributed by atoms with E-state index in [1.807, 2.05) is 36.4 Å². The molecule has 1 fully saturated rings. The van der Waals surface area contributed by atoms with Gasteiger partial charge in [-0.1, -0.05) is 41.9 Å². The third-order valence-electron chi connectivity index (χ3n) is 4.95. The second-order valence-corrected chi connectivity index (χ2v) is 7.36. The molecule has 3 amide bonds. The van der Waals surface area contributed by atoms with E-state index in [0.29, 0.717) is 29.5 Å². The van der Waals surface area contributed by atoms with Crippen LogP contribution in [0.2, 0.25) is 5.02 Å². The second kappa shape index (κ2) is 8.02. The molecule has 0 spiro atoms. The first kappa shape index (κ1) is 18.5. The average molecular weight is 397 g/mol. The van der Waals surface area contributed by atoms with Gasteiger partial charge in [-0.05, 0) is 37.5 Å². The molecule has 1 atom stereocenters. The lowest BCUT2D eigenvalue weighted by Crippen LogP contribution is -2.50. The molecular weight excluding hydrogens is 376 g/mol. The summed E-state index contributed by atoms with van der Waals surface area (Å²) < 4.78 is 0. The number of urea groups is 1. The molecular formula is C21H21ClN4O2. The molecule has 1 saturated heterocycles. The van der Waals surface area contributed by atoms with Crippen LogP contribution in [0, 0.1) is 0 Å². The molecule has 0 bridgehead atoms. The predicted molar refractivity (Wildman–Crippen MR) is 110 cm³/mol. The fourth-order valence-corrected chi connectivity index (χ4v) is 3.72. The summed E-state index contributed by atoms with van der Waals surface area (Å²) in [7, 11) is 0. The lowest BCUT2D eigenvalue weighted by atomic mass is 10.0. The van der Waals surface area contributed by atoms with Crippen LogP contribution in [0.1, 0.15) is 30.4 Å². The van der Waals surface area contributed by atoms with Crippen LogP contribution in [-0.2, 0) is 4.79 Å². The molecule has 2 aliphatic heterocycles. The summed E-state index contributed by atoms with van der Waals surface area (Å²) in [6.45, 7) is 1.40. The molecule has 0 saturated carbocycles. The van der Waals surface area contributed by atoms with Crippen LogP contribution in [0.3, 0.4) is 0 Å². The maximum Gasteiger partial charge on any atom is 0.319 e. The van der Waals surface area contributed by atoms with Gasteiger partial charge in [-0.15, -0.1) is 0 Å². The Labute approximate surface area is 168 Å². The first-order chi connectivity index (χ1) is 13.6. The van der Waals surface area contributed by atoms with Crippen molar-refractivity contribution in [3.8, 4) is 0 Å². The number of piperidine rings is 1. The molecule has 2 aromatic carbocycles. The normalized spacial score (nSPS) is 19.2. The van der Waals surface area contributed by atoms with E-state index in [4.69, 9.17) is 11.6 Å². The van der Waals surface area contributed by atoms with E-state index >= 15 is 0 Å². The third kappa shape index (κ3) is 3.87. The van der Waals surface area contributed by atoms with Crippen LogP contribution in [0.15, 0.2) is 53.5 Å². The zero-order valence-electron chi connectivity index (χ0n) is 15.3. The highest BCUT2D eigenvalue weighted by Crippen LogP contribution is 2.25. The Morgan fingerprint density at radius 1 is 1.11 bits per heavy atom. The van der Waals surface area contributed by atoms with Gasteiger partial charge in [-0.3, -0.25) is 4.79 Å². The largest absolute Gasteiger partial charge is 0.325 e. The van der Waals surface area contributed by atoms with E-state index in [1.54, 1.807) is 17.0 Å². The molecule has 7 heteroatoms. The van der Waals surface area contributed by atoms with Crippen LogP contribution >= 0.6 is 11.6 Å². The van der Waals surface area contributed by atoms with Crippen LogP contribution in [0.25, 0.3) is 0 Å². The number of hydrogen-bond acceptors (Lipinski definition) is 3. The van der Waals surface area contributed by atoms with Gasteiger partial charge in [0.25, 0.3) is 5.91 Å². The van der Waals surface area contributed by atoms with E-state index in [-0.39, 0.29) is 11.9 Å². The highest BCUT2D eigenvalue weighted by molar-refractivity contribution is 6.31. The Bertz CT molecular complexity index is 938. The van der Waals surface area contributed by atoms with Gasteiger partial charge in [0.1, 0.15) is 0 Å². The summed E-state index contributed by atoms with van der Waals surface area (Å²) in [6, 6.07) is 14.5. The molecule has 4 rings (SSSR count). The van der Waals surface area contributed by atoms with Gasteiger partial charge in [-0.25, -0.2) is 9.79 Å². The highest BCUT2D eigenvalue weighted by Gasteiger charge is 2.28. The summed E-state index contributed by atoms with van der Waals surface area (Å²) in [6.07, 6.45) is 2.07. The van der Waals surface area contributed by atoms with Crippen molar-refractivity contribution in [2.24, 2.45) is 4.99 Å². The smallest absolute Gasteiger partial charge is 0.319 e. The Kier molecular flexibility index (Phi) is 5.30. The zero-order valence-corrected chi connectivity index (χ0v) is 16.1. The number of hydrogen-bond donors (Lipinski definition) is 2. The van der Waals surface area contributed by atoms with E-state index in [0.717, 1.165) is 30.4 Å². The van der Waals surface area contributed by atoms with Crippen molar-refractivity contribution in [2.75, 3.05) is 18.4 Å². The molecule has 28 heavy (non-hydrogen) atoms. The lowest BCUT2D eigenvalue weighted by Gasteiger charge is -2.28. The SMILES string of the molecule is O=C1Nc2ccccc2C(c2cccc(Cl)c2)=NC1NC(=O)N1CCCCC1. The topological polar surface area (TPSA) is 73.8 Å². The number of rotatable bonds is 2. The van der Waals surface area contributed by atoms with Gasteiger partial charge in [-0.2, -0.15) is 0 Å². The minimum Gasteiger partial charge on any atom is -0.325 e. The van der Waals surface area contributed by atoms with Gasteiger partial charge >= 0.3 is 6.03 Å². The van der Waals surface area contributed by atoms with Crippen LogP contribution in [0.5, 0.6) is 0 Å². The highest BCUT2D eigenvalue weighted by atomic mass is 35.5. The molecule has 2 aliphatic rings. The molecule has 0 aromatic heterocycles. The number of fused-ring (bicyclic) bond motifs is 1. The number of carbonyl (C=O) groups excluding carboxylic acids is 2. The first-order valence-electron chi connectivity index (χ1n) is 9.41. The minimum absolute atomic E-state index is 0.264. The summed E-state index contributed by atoms with van der Waals surface area (Å²) in [5.74, 6) is -0.366. The number of halogens is 1. The number of benzodiazepines with no additional fused rings is 1. The summed E-state index contributed by atoms with van der Waals surface area (Å²) in [5.41, 5.74) is 2.84. The number of anilines is 1. The molecule has 0 radical (unpaired) electrons. The van der Waals surface area contributed by atoms with Crippen molar-refractivity contribution in [3.63, 3.8) is 0 Å². The number of aliphatic imine (C=N–C) groups is 1. The van der Waals surface area contributed by atoms with Crippen LogP contribution in [0.4, 0.5) is 10.5 Å². The predicted octanol–water partition coefficient (Wildman–Crippen LogP) is 3.65. The number of carbonyl (C=O) groups is 2. The van der Waals surface area contributed by atoms with Gasteiger partial charge in [0.15, 0.2) is 0 Å².